The fourth-order valence-electron chi connectivity index (χ4n) is 1.66. The van der Waals surface area contributed by atoms with Gasteiger partial charge in [-0.3, -0.25) is 9.59 Å². The molecule has 0 aliphatic rings. The van der Waals surface area contributed by atoms with Crippen molar-refractivity contribution < 1.29 is 19.1 Å². The maximum absolute atomic E-state index is 13.7. The summed E-state index contributed by atoms with van der Waals surface area (Å²) in [5, 5.41) is 11.2. The Morgan fingerprint density at radius 1 is 1.40 bits per heavy atom. The first-order chi connectivity index (χ1) is 9.49. The van der Waals surface area contributed by atoms with Crippen LogP contribution in [0.15, 0.2) is 24.3 Å². The van der Waals surface area contributed by atoms with Gasteiger partial charge < -0.3 is 10.4 Å². The molecule has 4 nitrogen and oxygen atoms in total. The Hall–Kier alpha value is -2.17. The van der Waals surface area contributed by atoms with Gasteiger partial charge in [-0.05, 0) is 30.0 Å². The average Bonchev–Trinajstić information content (AvgIpc) is 2.36. The Balaban J connectivity index is 2.52. The van der Waals surface area contributed by atoms with Gasteiger partial charge in [-0.15, -0.1) is 0 Å². The van der Waals surface area contributed by atoms with Crippen LogP contribution in [0.5, 0.6) is 0 Å². The van der Waals surface area contributed by atoms with Gasteiger partial charge in [0.15, 0.2) is 0 Å². The Kier molecular flexibility index (Phi) is 6.43. The number of hydrogen-bond donors (Lipinski definition) is 2. The topological polar surface area (TPSA) is 66.4 Å². The lowest BCUT2D eigenvalue weighted by atomic mass is 10.1. The van der Waals surface area contributed by atoms with Gasteiger partial charge in [0.05, 0.1) is 0 Å². The SMILES string of the molecule is CC(=O)NCCC=Cc1ccc(CCC(=O)O)c(F)c1. The number of carbonyl (C=O) groups is 2. The van der Waals surface area contributed by atoms with E-state index in [1.54, 1.807) is 18.2 Å². The van der Waals surface area contributed by atoms with E-state index >= 15 is 0 Å². The van der Waals surface area contributed by atoms with Crippen molar-refractivity contribution >= 4 is 18.0 Å². The van der Waals surface area contributed by atoms with Crippen molar-refractivity contribution in [3.8, 4) is 0 Å². The highest BCUT2D eigenvalue weighted by Crippen LogP contribution is 2.13. The highest BCUT2D eigenvalue weighted by atomic mass is 19.1. The van der Waals surface area contributed by atoms with E-state index in [0.29, 0.717) is 24.1 Å². The van der Waals surface area contributed by atoms with Crippen molar-refractivity contribution in [1.82, 2.24) is 5.32 Å². The Labute approximate surface area is 117 Å². The van der Waals surface area contributed by atoms with Crippen LogP contribution >= 0.6 is 0 Å². The van der Waals surface area contributed by atoms with Crippen LogP contribution in [-0.2, 0) is 16.0 Å². The number of halogens is 1. The third-order valence-electron chi connectivity index (χ3n) is 2.68. The van der Waals surface area contributed by atoms with Crippen molar-refractivity contribution in [3.63, 3.8) is 0 Å². The molecule has 5 heteroatoms. The van der Waals surface area contributed by atoms with Crippen LogP contribution in [0.25, 0.3) is 6.08 Å². The van der Waals surface area contributed by atoms with Crippen LogP contribution in [0.3, 0.4) is 0 Å². The summed E-state index contributed by atoms with van der Waals surface area (Å²) in [4.78, 5) is 21.1. The molecule has 0 aliphatic carbocycles. The summed E-state index contributed by atoms with van der Waals surface area (Å²) in [6.07, 6.45) is 4.39. The molecule has 0 unspecified atom stereocenters. The van der Waals surface area contributed by atoms with Gasteiger partial charge >= 0.3 is 5.97 Å². The lowest BCUT2D eigenvalue weighted by Crippen LogP contribution is -2.20. The monoisotopic (exact) mass is 279 g/mol. The zero-order valence-electron chi connectivity index (χ0n) is 11.4. The predicted molar refractivity (Wildman–Crippen MR) is 74.7 cm³/mol. The Bertz CT molecular complexity index is 512. The van der Waals surface area contributed by atoms with Gasteiger partial charge in [-0.1, -0.05) is 24.3 Å². The quantitative estimate of drug-likeness (QED) is 0.753. The number of hydrogen-bond acceptors (Lipinski definition) is 2. The van der Waals surface area contributed by atoms with E-state index in [2.05, 4.69) is 5.32 Å². The molecule has 0 saturated carbocycles. The van der Waals surface area contributed by atoms with Crippen LogP contribution in [-0.4, -0.2) is 23.5 Å². The lowest BCUT2D eigenvalue weighted by Gasteiger charge is -2.02. The molecule has 1 rings (SSSR count). The standard InChI is InChI=1S/C15H18FNO3/c1-11(18)17-9-3-2-4-12-5-6-13(14(16)10-12)7-8-15(19)20/h2,4-6,10H,3,7-9H2,1H3,(H,17,18)(H,19,20). The van der Waals surface area contributed by atoms with Gasteiger partial charge in [0.1, 0.15) is 5.82 Å². The largest absolute Gasteiger partial charge is 0.481 e. The highest BCUT2D eigenvalue weighted by Gasteiger charge is 2.05. The number of carboxylic acid groups (broad SMARTS) is 1. The first-order valence-corrected chi connectivity index (χ1v) is 6.40. The number of amides is 1. The maximum atomic E-state index is 13.7. The summed E-state index contributed by atoms with van der Waals surface area (Å²) in [5.41, 5.74) is 1.12. The number of nitrogens with one attached hydrogen (secondary N) is 1. The van der Waals surface area contributed by atoms with Crippen molar-refractivity contribution in [1.29, 1.82) is 0 Å². The molecule has 0 saturated heterocycles. The first-order valence-electron chi connectivity index (χ1n) is 6.40. The second-order valence-electron chi connectivity index (χ2n) is 4.42. The minimum atomic E-state index is -0.939. The summed E-state index contributed by atoms with van der Waals surface area (Å²) in [6.45, 7) is 2.00. The molecule has 108 valence electrons. The van der Waals surface area contributed by atoms with E-state index in [4.69, 9.17) is 5.11 Å². The smallest absolute Gasteiger partial charge is 0.303 e. The number of aryl methyl sites for hydroxylation is 1. The van der Waals surface area contributed by atoms with Crippen LogP contribution in [0.1, 0.15) is 30.9 Å². The Morgan fingerprint density at radius 3 is 2.75 bits per heavy atom. The summed E-state index contributed by atoms with van der Waals surface area (Å²) >= 11 is 0. The number of carboxylic acids is 1. The molecule has 0 aromatic heterocycles. The van der Waals surface area contributed by atoms with Gasteiger partial charge in [-0.2, -0.15) is 0 Å². The summed E-state index contributed by atoms with van der Waals surface area (Å²) < 4.78 is 13.7. The van der Waals surface area contributed by atoms with E-state index < -0.39 is 11.8 Å². The predicted octanol–water partition coefficient (Wildman–Crippen LogP) is 2.38. The molecule has 2 N–H and O–H groups in total. The lowest BCUT2D eigenvalue weighted by molar-refractivity contribution is -0.137. The molecule has 1 aromatic rings. The number of aliphatic carboxylic acids is 1. The van der Waals surface area contributed by atoms with Crippen LogP contribution in [0.4, 0.5) is 4.39 Å². The minimum absolute atomic E-state index is 0.0766. The van der Waals surface area contributed by atoms with E-state index in [9.17, 15) is 14.0 Å². The zero-order chi connectivity index (χ0) is 15.0. The second-order valence-corrected chi connectivity index (χ2v) is 4.42. The normalized spacial score (nSPS) is 10.7. The van der Waals surface area contributed by atoms with Crippen LogP contribution in [0, 0.1) is 5.82 Å². The van der Waals surface area contributed by atoms with Gasteiger partial charge in [0, 0.05) is 19.9 Å². The summed E-state index contributed by atoms with van der Waals surface area (Å²) in [7, 11) is 0. The number of carbonyl (C=O) groups excluding carboxylic acids is 1. The van der Waals surface area contributed by atoms with E-state index in [0.717, 1.165) is 0 Å². The fraction of sp³-hybridized carbons (Fsp3) is 0.333. The summed E-state index contributed by atoms with van der Waals surface area (Å²) in [5.74, 6) is -1.41. The molecular weight excluding hydrogens is 261 g/mol. The molecule has 0 spiro atoms. The van der Waals surface area contributed by atoms with E-state index in [1.807, 2.05) is 6.08 Å². The van der Waals surface area contributed by atoms with Crippen molar-refractivity contribution in [2.75, 3.05) is 6.54 Å². The van der Waals surface area contributed by atoms with Gasteiger partial charge in [0.2, 0.25) is 5.91 Å². The van der Waals surface area contributed by atoms with E-state index in [1.165, 1.54) is 13.0 Å². The summed E-state index contributed by atoms with van der Waals surface area (Å²) in [6, 6.07) is 4.73. The van der Waals surface area contributed by atoms with Gasteiger partial charge in [0.25, 0.3) is 0 Å². The third kappa shape index (κ3) is 6.13. The van der Waals surface area contributed by atoms with Gasteiger partial charge in [-0.25, -0.2) is 4.39 Å². The van der Waals surface area contributed by atoms with E-state index in [-0.39, 0.29) is 18.7 Å². The van der Waals surface area contributed by atoms with Crippen LogP contribution < -0.4 is 5.32 Å². The second kappa shape index (κ2) is 8.09. The van der Waals surface area contributed by atoms with Crippen molar-refractivity contribution in [2.24, 2.45) is 0 Å². The molecular formula is C15H18FNO3. The fourth-order valence-corrected chi connectivity index (χ4v) is 1.66. The maximum Gasteiger partial charge on any atom is 0.303 e. The molecule has 0 atom stereocenters. The third-order valence-corrected chi connectivity index (χ3v) is 2.68. The molecule has 0 fully saturated rings. The first kappa shape index (κ1) is 15.9. The Morgan fingerprint density at radius 2 is 2.15 bits per heavy atom. The molecule has 0 bridgehead atoms. The van der Waals surface area contributed by atoms with Crippen molar-refractivity contribution in [2.45, 2.75) is 26.2 Å². The number of benzene rings is 1. The van der Waals surface area contributed by atoms with Crippen LogP contribution in [0.2, 0.25) is 0 Å². The minimum Gasteiger partial charge on any atom is -0.481 e. The molecule has 1 amide bonds. The average molecular weight is 279 g/mol. The molecule has 0 heterocycles. The number of rotatable bonds is 7. The zero-order valence-corrected chi connectivity index (χ0v) is 11.4. The molecule has 1 aromatic carbocycles. The van der Waals surface area contributed by atoms with Crippen molar-refractivity contribution in [3.05, 3.63) is 41.2 Å². The molecule has 20 heavy (non-hydrogen) atoms. The molecule has 0 radical (unpaired) electrons. The molecule has 0 aliphatic heterocycles. The highest BCUT2D eigenvalue weighted by molar-refractivity contribution is 5.72.